The minimum absolute atomic E-state index is 1.16. The lowest BCUT2D eigenvalue weighted by Crippen LogP contribution is -2.49. The zero-order valence-corrected chi connectivity index (χ0v) is 31.5. The Morgan fingerprint density at radius 1 is 0.442 bits per heavy atom. The first kappa shape index (κ1) is 30.1. The van der Waals surface area contributed by atoms with E-state index in [2.05, 4.69) is 182 Å². The van der Waals surface area contributed by atoms with Crippen LogP contribution in [0.4, 0.5) is 17.1 Å². The Bertz CT molecular complexity index is 3050. The number of hydrogen-bond donors (Lipinski definition) is 0. The zero-order valence-electron chi connectivity index (χ0n) is 28.9. The fourth-order valence-corrected chi connectivity index (χ4v) is 14.1. The highest BCUT2D eigenvalue weighted by Gasteiger charge is 2.39. The molecule has 0 unspecified atom stereocenters. The molecule has 52 heavy (non-hydrogen) atoms. The number of benzene rings is 8. The van der Waals surface area contributed by atoms with Crippen molar-refractivity contribution in [2.45, 2.75) is 13.1 Å². The van der Waals surface area contributed by atoms with Crippen molar-refractivity contribution in [1.82, 2.24) is 0 Å². The maximum absolute atomic E-state index is 2.54. The second-order valence-electron chi connectivity index (χ2n) is 14.5. The normalized spacial score (nSPS) is 13.3. The van der Waals surface area contributed by atoms with Gasteiger partial charge >= 0.3 is 0 Å². The van der Waals surface area contributed by atoms with Gasteiger partial charge in [-0.1, -0.05) is 122 Å². The first-order valence-electron chi connectivity index (χ1n) is 17.9. The lowest BCUT2D eigenvalue weighted by molar-refractivity contribution is 1.30. The molecule has 0 aliphatic carbocycles. The Morgan fingerprint density at radius 2 is 1.06 bits per heavy atom. The highest BCUT2D eigenvalue weighted by Crippen LogP contribution is 2.47. The molecule has 0 N–H and O–H groups in total. The quantitative estimate of drug-likeness (QED) is 0.164. The third-order valence-corrected chi connectivity index (χ3v) is 17.1. The minimum atomic E-state index is -2.02. The maximum Gasteiger partial charge on any atom is 0.113 e. The smallest absolute Gasteiger partial charge is 0.113 e. The Hall–Kier alpha value is -5.52. The average Bonchev–Trinajstić information content (AvgIpc) is 3.83. The number of thiophene rings is 2. The van der Waals surface area contributed by atoms with Crippen LogP contribution in [0, 0.1) is 0 Å². The second-order valence-corrected chi connectivity index (χ2v) is 21.0. The summed E-state index contributed by atoms with van der Waals surface area (Å²) in [6, 6.07) is 61.3. The summed E-state index contributed by atoms with van der Waals surface area (Å²) >= 11 is 3.80. The molecule has 1 aliphatic heterocycles. The number of rotatable bonds is 4. The van der Waals surface area contributed by atoms with Crippen LogP contribution in [-0.2, 0) is 0 Å². The molecular weight excluding hydrogens is 683 g/mol. The van der Waals surface area contributed by atoms with Crippen molar-refractivity contribution in [3.05, 3.63) is 164 Å². The predicted molar refractivity (Wildman–Crippen MR) is 232 cm³/mol. The number of nitrogens with zero attached hydrogens (tertiary/aromatic N) is 1. The molecule has 0 radical (unpaired) electrons. The minimum Gasteiger partial charge on any atom is -0.310 e. The van der Waals surface area contributed by atoms with Gasteiger partial charge in [0, 0.05) is 51.7 Å². The molecule has 0 saturated carbocycles. The van der Waals surface area contributed by atoms with Gasteiger partial charge in [-0.2, -0.15) is 0 Å². The van der Waals surface area contributed by atoms with Gasteiger partial charge in [0.1, 0.15) is 8.07 Å². The van der Waals surface area contributed by atoms with Crippen molar-refractivity contribution in [3.8, 4) is 22.3 Å². The molecule has 10 aromatic rings. The molecular formula is C48H33NS2Si. The van der Waals surface area contributed by atoms with E-state index in [1.54, 1.807) is 5.19 Å². The van der Waals surface area contributed by atoms with Gasteiger partial charge in [-0.05, 0) is 98.0 Å². The van der Waals surface area contributed by atoms with Crippen molar-refractivity contribution in [3.63, 3.8) is 0 Å². The molecule has 1 aliphatic rings. The van der Waals surface area contributed by atoms with E-state index in [0.717, 1.165) is 5.69 Å². The lowest BCUT2D eigenvalue weighted by atomic mass is 9.97. The molecule has 1 nitrogen and oxygen atoms in total. The van der Waals surface area contributed by atoms with Gasteiger partial charge in [0.25, 0.3) is 0 Å². The van der Waals surface area contributed by atoms with Gasteiger partial charge in [0.15, 0.2) is 0 Å². The fraction of sp³-hybridized carbons (Fsp3) is 0.0417. The maximum atomic E-state index is 2.54. The Labute approximate surface area is 311 Å². The molecule has 11 rings (SSSR count). The molecule has 0 amide bonds. The van der Waals surface area contributed by atoms with Crippen LogP contribution in [0.2, 0.25) is 13.1 Å². The molecule has 3 heterocycles. The molecule has 0 bridgehead atoms. The number of fused-ring (bicyclic) bond motifs is 11. The van der Waals surface area contributed by atoms with Crippen LogP contribution in [0.15, 0.2) is 164 Å². The summed E-state index contributed by atoms with van der Waals surface area (Å²) in [5.74, 6) is 0. The summed E-state index contributed by atoms with van der Waals surface area (Å²) in [6.07, 6.45) is 0. The lowest BCUT2D eigenvalue weighted by Gasteiger charge is -2.28. The first-order chi connectivity index (χ1) is 25.5. The largest absolute Gasteiger partial charge is 0.310 e. The van der Waals surface area contributed by atoms with Crippen LogP contribution in [0.1, 0.15) is 0 Å². The molecule has 2 aromatic heterocycles. The third kappa shape index (κ3) is 4.32. The van der Waals surface area contributed by atoms with Crippen LogP contribution < -0.4 is 15.3 Å². The SMILES string of the molecule is C[Si]1(C)c2cc(N(c3ccc(-c4cccc5ccccc45)cc3)c3cccc4sc5ccccc5c34)ccc2-c2c1ccc1sc3ccccc3c21. The van der Waals surface area contributed by atoms with Gasteiger partial charge < -0.3 is 4.90 Å². The summed E-state index contributed by atoms with van der Waals surface area (Å²) in [7, 11) is -2.02. The van der Waals surface area contributed by atoms with E-state index in [1.807, 2.05) is 22.7 Å². The summed E-state index contributed by atoms with van der Waals surface area (Å²) < 4.78 is 5.38. The molecule has 0 fully saturated rings. The monoisotopic (exact) mass is 715 g/mol. The van der Waals surface area contributed by atoms with Crippen molar-refractivity contribution in [2.75, 3.05) is 4.90 Å². The molecule has 8 aromatic carbocycles. The standard InChI is InChI=1S/C48H33NS2Si/c1-52(2)44-28-27-43-47(37-15-6-8-19-41(37)51-43)48(44)38-26-25-33(29-45(38)52)49(39-17-10-20-42-46(39)36-14-5-7-18-40(36)50-42)32-23-21-31(22-24-32)35-16-9-12-30-11-3-4-13-34(30)35/h3-29H,1-2H3. The van der Waals surface area contributed by atoms with Crippen LogP contribution in [0.25, 0.3) is 73.4 Å². The highest BCUT2D eigenvalue weighted by molar-refractivity contribution is 7.26. The van der Waals surface area contributed by atoms with Gasteiger partial charge in [-0.15, -0.1) is 22.7 Å². The van der Waals surface area contributed by atoms with E-state index in [4.69, 9.17) is 0 Å². The van der Waals surface area contributed by atoms with Crippen LogP contribution in [-0.4, -0.2) is 8.07 Å². The van der Waals surface area contributed by atoms with Gasteiger partial charge in [0.05, 0.1) is 5.69 Å². The third-order valence-electron chi connectivity index (χ3n) is 11.3. The van der Waals surface area contributed by atoms with Crippen LogP contribution >= 0.6 is 22.7 Å². The average molecular weight is 716 g/mol. The zero-order chi connectivity index (χ0) is 34.6. The molecule has 0 saturated heterocycles. The van der Waals surface area contributed by atoms with Gasteiger partial charge in [-0.25, -0.2) is 0 Å². The van der Waals surface area contributed by atoms with E-state index < -0.39 is 8.07 Å². The summed E-state index contributed by atoms with van der Waals surface area (Å²) in [5.41, 5.74) is 8.95. The number of hydrogen-bond acceptors (Lipinski definition) is 3. The Balaban J connectivity index is 1.13. The Morgan fingerprint density at radius 3 is 1.85 bits per heavy atom. The van der Waals surface area contributed by atoms with Crippen LogP contribution in [0.3, 0.4) is 0 Å². The topological polar surface area (TPSA) is 3.24 Å². The molecule has 246 valence electrons. The van der Waals surface area contributed by atoms with Crippen molar-refractivity contribution < 1.29 is 0 Å². The van der Waals surface area contributed by atoms with E-state index in [9.17, 15) is 0 Å². The summed E-state index contributed by atoms with van der Waals surface area (Å²) in [5, 5.41) is 11.0. The van der Waals surface area contributed by atoms with E-state index >= 15 is 0 Å². The fourth-order valence-electron chi connectivity index (χ4n) is 8.81. The van der Waals surface area contributed by atoms with E-state index in [-0.39, 0.29) is 0 Å². The summed E-state index contributed by atoms with van der Waals surface area (Å²) in [6.45, 7) is 5.08. The summed E-state index contributed by atoms with van der Waals surface area (Å²) in [4.78, 5) is 2.51. The molecule has 4 heteroatoms. The predicted octanol–water partition coefficient (Wildman–Crippen LogP) is 13.5. The van der Waals surface area contributed by atoms with Crippen molar-refractivity contribution in [1.29, 1.82) is 0 Å². The van der Waals surface area contributed by atoms with Crippen molar-refractivity contribution in [2.24, 2.45) is 0 Å². The van der Waals surface area contributed by atoms with E-state index in [1.165, 1.54) is 89.9 Å². The van der Waals surface area contributed by atoms with Gasteiger partial charge in [-0.3, -0.25) is 0 Å². The number of anilines is 3. The van der Waals surface area contributed by atoms with Gasteiger partial charge in [0.2, 0.25) is 0 Å². The van der Waals surface area contributed by atoms with Crippen LogP contribution in [0.5, 0.6) is 0 Å². The van der Waals surface area contributed by atoms with E-state index in [0.29, 0.717) is 0 Å². The first-order valence-corrected chi connectivity index (χ1v) is 22.6. The Kier molecular flexibility index (Phi) is 6.51. The second kappa shape index (κ2) is 11.2. The van der Waals surface area contributed by atoms with Crippen molar-refractivity contribution >= 4 is 109 Å². The molecule has 0 spiro atoms. The molecule has 0 atom stereocenters. The highest BCUT2D eigenvalue weighted by atomic mass is 32.1.